The third-order valence-electron chi connectivity index (χ3n) is 12.7. The normalized spacial score (nSPS) is 40.2. The summed E-state index contributed by atoms with van der Waals surface area (Å²) in [4.78, 5) is 26.7. The Morgan fingerprint density at radius 3 is 2.31 bits per heavy atom. The molecule has 0 radical (unpaired) electrons. The molecule has 1 N–H and O–H groups in total. The molecule has 8 atom stereocenters. The molecule has 1 saturated heterocycles. The van der Waals surface area contributed by atoms with Gasteiger partial charge in [-0.15, -0.1) is 0 Å². The predicted octanol–water partition coefficient (Wildman–Crippen LogP) is 6.95. The lowest BCUT2D eigenvalue weighted by molar-refractivity contribution is -0.156. The summed E-state index contributed by atoms with van der Waals surface area (Å²) in [6.45, 7) is 7.86. The largest absolute Gasteiger partial charge is 0.393 e. The second-order valence-electron chi connectivity index (χ2n) is 14.7. The smallest absolute Gasteiger partial charge is 0.222 e. The van der Waals surface area contributed by atoms with E-state index in [1.807, 2.05) is 4.90 Å². The van der Waals surface area contributed by atoms with Gasteiger partial charge < -0.3 is 14.7 Å². The highest BCUT2D eigenvalue weighted by Crippen LogP contribution is 2.67. The van der Waals surface area contributed by atoms with Gasteiger partial charge in [-0.2, -0.15) is 0 Å². The number of hydrogen-bond donors (Lipinski definition) is 1. The fourth-order valence-corrected chi connectivity index (χ4v) is 10.2. The fraction of sp³-hybridized carbons (Fsp3) is 0.941. The molecule has 0 spiro atoms. The van der Waals surface area contributed by atoms with Crippen molar-refractivity contribution in [2.24, 2.45) is 40.4 Å². The van der Waals surface area contributed by atoms with Gasteiger partial charge in [0.25, 0.3) is 0 Å². The molecule has 0 unspecified atom stereocenters. The topological polar surface area (TPSA) is 66.8 Å². The van der Waals surface area contributed by atoms with Crippen molar-refractivity contribution in [2.75, 3.05) is 26.3 Å². The molecular weight excluding hydrogens is 486 g/mol. The van der Waals surface area contributed by atoms with Crippen LogP contribution in [0.15, 0.2) is 0 Å². The summed E-state index contributed by atoms with van der Waals surface area (Å²) in [5.41, 5.74) is 0.469. The summed E-state index contributed by atoms with van der Waals surface area (Å²) in [5, 5.41) is 11.0. The maximum absolute atomic E-state index is 12.5. The lowest BCUT2D eigenvalue weighted by atomic mass is 9.42. The Labute approximate surface area is 238 Å². The van der Waals surface area contributed by atoms with Gasteiger partial charge in [0.1, 0.15) is 5.78 Å². The molecule has 4 saturated carbocycles. The molecule has 5 rings (SSSR count). The van der Waals surface area contributed by atoms with Crippen molar-refractivity contribution in [1.29, 1.82) is 0 Å². The maximum atomic E-state index is 12.5. The number of rotatable bonds is 11. The molecule has 39 heavy (non-hydrogen) atoms. The van der Waals surface area contributed by atoms with Crippen molar-refractivity contribution in [1.82, 2.24) is 4.90 Å². The van der Waals surface area contributed by atoms with E-state index in [2.05, 4.69) is 13.8 Å². The average Bonchev–Trinajstić information content (AvgIpc) is 3.24. The fourth-order valence-electron chi connectivity index (χ4n) is 10.2. The number of carbonyl (C=O) groups excluding carboxylic acids is 2. The Morgan fingerprint density at radius 1 is 0.897 bits per heavy atom. The van der Waals surface area contributed by atoms with Gasteiger partial charge in [0.2, 0.25) is 5.91 Å². The lowest BCUT2D eigenvalue weighted by Gasteiger charge is -2.62. The first-order chi connectivity index (χ1) is 18.8. The Bertz CT molecular complexity index is 839. The van der Waals surface area contributed by atoms with E-state index in [-0.39, 0.29) is 11.5 Å². The number of hydrogen-bond acceptors (Lipinski definition) is 4. The first-order valence-corrected chi connectivity index (χ1v) is 16.9. The Kier molecular flexibility index (Phi) is 9.79. The highest BCUT2D eigenvalue weighted by atomic mass is 16.5. The predicted molar refractivity (Wildman–Crippen MR) is 155 cm³/mol. The third-order valence-corrected chi connectivity index (χ3v) is 12.7. The van der Waals surface area contributed by atoms with Crippen LogP contribution in [-0.2, 0) is 14.3 Å². The van der Waals surface area contributed by atoms with Crippen molar-refractivity contribution in [2.45, 2.75) is 136 Å². The van der Waals surface area contributed by atoms with Gasteiger partial charge in [0, 0.05) is 32.4 Å². The molecule has 5 aliphatic rings. The summed E-state index contributed by atoms with van der Waals surface area (Å²) in [7, 11) is 0. The van der Waals surface area contributed by atoms with E-state index in [1.165, 1.54) is 77.0 Å². The first-order valence-electron chi connectivity index (χ1n) is 16.9. The number of aliphatic hydroxyl groups is 1. The van der Waals surface area contributed by atoms with Gasteiger partial charge in [0.05, 0.1) is 19.3 Å². The molecular formula is C34H57NO4. The Balaban J connectivity index is 1.04. The molecule has 1 aliphatic heterocycles. The second kappa shape index (κ2) is 12.9. The number of carbonyl (C=O) groups is 2. The van der Waals surface area contributed by atoms with Crippen LogP contribution < -0.4 is 0 Å². The average molecular weight is 544 g/mol. The number of aliphatic hydroxyl groups excluding tert-OH is 1. The van der Waals surface area contributed by atoms with E-state index >= 15 is 0 Å². The molecule has 0 aromatic heterocycles. The van der Waals surface area contributed by atoms with Crippen LogP contribution in [0.2, 0.25) is 0 Å². The van der Waals surface area contributed by atoms with Gasteiger partial charge in [-0.1, -0.05) is 65.2 Å². The second-order valence-corrected chi connectivity index (χ2v) is 14.7. The minimum Gasteiger partial charge on any atom is -0.393 e. The van der Waals surface area contributed by atoms with Crippen molar-refractivity contribution < 1.29 is 19.4 Å². The Morgan fingerprint density at radius 2 is 1.56 bits per heavy atom. The number of morpholine rings is 1. The van der Waals surface area contributed by atoms with Crippen molar-refractivity contribution >= 4 is 11.7 Å². The summed E-state index contributed by atoms with van der Waals surface area (Å²) < 4.78 is 5.34. The van der Waals surface area contributed by atoms with Crippen LogP contribution >= 0.6 is 0 Å². The first kappa shape index (κ1) is 29.5. The minimum absolute atomic E-state index is 0.111. The molecule has 5 fully saturated rings. The zero-order valence-electron chi connectivity index (χ0n) is 25.1. The molecule has 5 heteroatoms. The highest BCUT2D eigenvalue weighted by Gasteiger charge is 2.62. The molecule has 4 aliphatic carbocycles. The summed E-state index contributed by atoms with van der Waals surface area (Å²) in [5.74, 6) is 4.36. The van der Waals surface area contributed by atoms with E-state index in [0.29, 0.717) is 48.6 Å². The number of Topliss-reactive ketones (excluding diaryl/α,β-unsaturated/α-hetero) is 1. The van der Waals surface area contributed by atoms with E-state index in [0.717, 1.165) is 62.9 Å². The molecule has 0 aromatic carbocycles. The van der Waals surface area contributed by atoms with Gasteiger partial charge >= 0.3 is 0 Å². The van der Waals surface area contributed by atoms with Crippen LogP contribution in [0, 0.1) is 40.4 Å². The van der Waals surface area contributed by atoms with E-state index in [1.54, 1.807) is 0 Å². The Hall–Kier alpha value is -0.940. The number of unbranched alkanes of at least 4 members (excludes halogenated alkanes) is 7. The maximum Gasteiger partial charge on any atom is 0.222 e. The highest BCUT2D eigenvalue weighted by molar-refractivity contribution is 5.79. The van der Waals surface area contributed by atoms with E-state index < -0.39 is 0 Å². The molecule has 222 valence electrons. The summed E-state index contributed by atoms with van der Waals surface area (Å²) >= 11 is 0. The quantitative estimate of drug-likeness (QED) is 0.287. The van der Waals surface area contributed by atoms with E-state index in [9.17, 15) is 14.7 Å². The van der Waals surface area contributed by atoms with Gasteiger partial charge in [0.15, 0.2) is 0 Å². The zero-order valence-corrected chi connectivity index (χ0v) is 25.1. The van der Waals surface area contributed by atoms with Gasteiger partial charge in [-0.3, -0.25) is 9.59 Å². The monoisotopic (exact) mass is 543 g/mol. The summed E-state index contributed by atoms with van der Waals surface area (Å²) in [6.07, 6.45) is 20.6. The number of amides is 1. The third kappa shape index (κ3) is 6.30. The lowest BCUT2D eigenvalue weighted by Crippen LogP contribution is -2.57. The van der Waals surface area contributed by atoms with Crippen LogP contribution in [0.5, 0.6) is 0 Å². The number of fused-ring (bicyclic) bond motifs is 5. The van der Waals surface area contributed by atoms with E-state index in [4.69, 9.17) is 4.74 Å². The van der Waals surface area contributed by atoms with Crippen LogP contribution in [0.25, 0.3) is 0 Å². The van der Waals surface area contributed by atoms with Crippen molar-refractivity contribution in [3.05, 3.63) is 0 Å². The van der Waals surface area contributed by atoms with Gasteiger partial charge in [-0.25, -0.2) is 0 Å². The van der Waals surface area contributed by atoms with Crippen molar-refractivity contribution in [3.63, 3.8) is 0 Å². The van der Waals surface area contributed by atoms with Crippen LogP contribution in [0.4, 0.5) is 0 Å². The number of ether oxygens (including phenoxy) is 1. The molecule has 1 amide bonds. The number of ketones is 1. The molecule has 0 bridgehead atoms. The zero-order chi connectivity index (χ0) is 27.5. The standard InChI is InChI=1S/C34H57NO4/c1-33-17-15-27(36)24-26(33)23-25(32-28-13-14-30(37)34(28,2)18-16-29(32)33)11-9-7-5-3-4-6-8-10-12-31(38)35-19-21-39-22-20-35/h25-26,28-30,32,37H,3-24H2,1-2H3/t25-,26+,28+,29+,30+,32+,33+,34+/m1/s1. The van der Waals surface area contributed by atoms with Crippen LogP contribution in [0.1, 0.15) is 129 Å². The minimum atomic E-state index is -0.111. The van der Waals surface area contributed by atoms with Crippen LogP contribution in [0.3, 0.4) is 0 Å². The SMILES string of the molecule is C[C@]12CCC(=O)C[C@@H]1C[C@@H](CCCCCCCCCCC(=O)N1CCOCC1)[C@@H]1[C@@H]2CC[C@]2(C)[C@@H](O)CC[C@@H]12. The van der Waals surface area contributed by atoms with Crippen LogP contribution in [-0.4, -0.2) is 54.1 Å². The molecule has 0 aromatic rings. The number of nitrogens with zero attached hydrogens (tertiary/aromatic N) is 1. The summed E-state index contributed by atoms with van der Waals surface area (Å²) in [6, 6.07) is 0. The molecule has 1 heterocycles. The van der Waals surface area contributed by atoms with Crippen molar-refractivity contribution in [3.8, 4) is 0 Å². The molecule has 5 nitrogen and oxygen atoms in total. The van der Waals surface area contributed by atoms with Gasteiger partial charge in [-0.05, 0) is 85.4 Å².